The van der Waals surface area contributed by atoms with Gasteiger partial charge < -0.3 is 24.3 Å². The maximum Gasteiger partial charge on any atom is 0.343 e. The number of benzene rings is 2. The lowest BCUT2D eigenvalue weighted by Crippen LogP contribution is -2.34. The summed E-state index contributed by atoms with van der Waals surface area (Å²) in [4.78, 5) is 35.9. The minimum absolute atomic E-state index is 0.253. The molecule has 0 fully saturated rings. The number of hydrogen-bond donors (Lipinski definition) is 2. The standard InChI is InChI=1S/C23H27N3O7/c1-5-32-20-12-16(6-11-19(20)33-14-21(27)31-4)13-24-26-23(29)15(2)22(28)25-17-7-9-18(30-3)10-8-17/h6-13,15H,5,14H2,1-4H3,(H,25,28)(H,26,29). The van der Waals surface area contributed by atoms with Gasteiger partial charge in [0.2, 0.25) is 5.91 Å². The fraction of sp³-hybridized carbons (Fsp3) is 0.304. The van der Waals surface area contributed by atoms with E-state index in [-0.39, 0.29) is 6.61 Å². The molecule has 1 unspecified atom stereocenters. The number of hydrogen-bond acceptors (Lipinski definition) is 8. The predicted molar refractivity (Wildman–Crippen MR) is 122 cm³/mol. The van der Waals surface area contributed by atoms with Crippen LogP contribution < -0.4 is 25.0 Å². The highest BCUT2D eigenvalue weighted by Crippen LogP contribution is 2.28. The molecule has 0 radical (unpaired) electrons. The Kier molecular flexibility index (Phi) is 9.69. The number of carbonyl (C=O) groups excluding carboxylic acids is 3. The second-order valence-corrected chi connectivity index (χ2v) is 6.68. The number of hydrazone groups is 1. The first-order valence-electron chi connectivity index (χ1n) is 10.1. The SMILES string of the molecule is CCOc1cc(C=NNC(=O)C(C)C(=O)Nc2ccc(OC)cc2)ccc1OCC(=O)OC. The smallest absolute Gasteiger partial charge is 0.343 e. The van der Waals surface area contributed by atoms with E-state index >= 15 is 0 Å². The Morgan fingerprint density at radius 2 is 1.73 bits per heavy atom. The minimum Gasteiger partial charge on any atom is -0.497 e. The summed E-state index contributed by atoms with van der Waals surface area (Å²) in [5.41, 5.74) is 3.50. The van der Waals surface area contributed by atoms with Crippen LogP contribution >= 0.6 is 0 Å². The first-order chi connectivity index (χ1) is 15.9. The van der Waals surface area contributed by atoms with E-state index in [1.54, 1.807) is 49.6 Å². The largest absolute Gasteiger partial charge is 0.497 e. The zero-order valence-electron chi connectivity index (χ0n) is 18.9. The van der Waals surface area contributed by atoms with Crippen LogP contribution in [0.2, 0.25) is 0 Å². The second kappa shape index (κ2) is 12.7. The normalized spacial score (nSPS) is 11.4. The van der Waals surface area contributed by atoms with Gasteiger partial charge in [-0.25, -0.2) is 10.2 Å². The van der Waals surface area contributed by atoms with Crippen LogP contribution in [0, 0.1) is 5.92 Å². The lowest BCUT2D eigenvalue weighted by atomic mass is 10.1. The lowest BCUT2D eigenvalue weighted by Gasteiger charge is -2.12. The van der Waals surface area contributed by atoms with Gasteiger partial charge >= 0.3 is 5.97 Å². The highest BCUT2D eigenvalue weighted by atomic mass is 16.6. The first kappa shape index (κ1) is 25.2. The van der Waals surface area contributed by atoms with Gasteiger partial charge in [0.1, 0.15) is 11.7 Å². The van der Waals surface area contributed by atoms with Crippen molar-refractivity contribution < 1.29 is 33.3 Å². The van der Waals surface area contributed by atoms with Crippen LogP contribution in [0.1, 0.15) is 19.4 Å². The predicted octanol–water partition coefficient (Wildman–Crippen LogP) is 2.37. The summed E-state index contributed by atoms with van der Waals surface area (Å²) in [7, 11) is 2.82. The molecule has 2 aromatic rings. The van der Waals surface area contributed by atoms with E-state index in [2.05, 4.69) is 20.6 Å². The topological polar surface area (TPSA) is 125 Å². The molecule has 2 rings (SSSR count). The summed E-state index contributed by atoms with van der Waals surface area (Å²) in [5.74, 6) is -1.10. The minimum atomic E-state index is -0.975. The fourth-order valence-electron chi connectivity index (χ4n) is 2.50. The van der Waals surface area contributed by atoms with Gasteiger partial charge in [-0.15, -0.1) is 0 Å². The van der Waals surface area contributed by atoms with Crippen LogP contribution in [0.3, 0.4) is 0 Å². The zero-order chi connectivity index (χ0) is 24.2. The highest BCUT2D eigenvalue weighted by molar-refractivity contribution is 6.06. The molecule has 1 atom stereocenters. The molecular weight excluding hydrogens is 430 g/mol. The van der Waals surface area contributed by atoms with Crippen molar-refractivity contribution in [2.75, 3.05) is 32.8 Å². The van der Waals surface area contributed by atoms with E-state index in [4.69, 9.17) is 14.2 Å². The number of anilines is 1. The van der Waals surface area contributed by atoms with Crippen LogP contribution in [0.15, 0.2) is 47.6 Å². The third-order valence-corrected chi connectivity index (χ3v) is 4.37. The summed E-state index contributed by atoms with van der Waals surface area (Å²) >= 11 is 0. The molecule has 0 aliphatic carbocycles. The van der Waals surface area contributed by atoms with Crippen LogP contribution in [0.25, 0.3) is 0 Å². The Morgan fingerprint density at radius 3 is 2.36 bits per heavy atom. The second-order valence-electron chi connectivity index (χ2n) is 6.68. The van der Waals surface area contributed by atoms with Crippen molar-refractivity contribution in [3.05, 3.63) is 48.0 Å². The molecule has 0 aliphatic heterocycles. The molecule has 0 heterocycles. The van der Waals surface area contributed by atoms with Gasteiger partial charge in [-0.1, -0.05) is 0 Å². The van der Waals surface area contributed by atoms with Crippen LogP contribution in [-0.2, 0) is 19.1 Å². The Balaban J connectivity index is 1.95. The number of methoxy groups -OCH3 is 2. The third-order valence-electron chi connectivity index (χ3n) is 4.37. The number of nitrogens with zero attached hydrogens (tertiary/aromatic N) is 1. The average molecular weight is 457 g/mol. The van der Waals surface area contributed by atoms with Crippen molar-refractivity contribution in [2.24, 2.45) is 11.0 Å². The number of nitrogens with one attached hydrogen (secondary N) is 2. The van der Waals surface area contributed by atoms with Crippen LogP contribution in [0.5, 0.6) is 17.2 Å². The molecule has 0 aliphatic rings. The molecule has 2 aromatic carbocycles. The lowest BCUT2D eigenvalue weighted by molar-refractivity contribution is -0.143. The van der Waals surface area contributed by atoms with E-state index < -0.39 is 23.7 Å². The molecular formula is C23H27N3O7. The molecule has 0 aromatic heterocycles. The molecule has 33 heavy (non-hydrogen) atoms. The Bertz CT molecular complexity index is 990. The molecule has 10 nitrogen and oxygen atoms in total. The Morgan fingerprint density at radius 1 is 1.00 bits per heavy atom. The maximum atomic E-state index is 12.3. The van der Waals surface area contributed by atoms with Crippen molar-refractivity contribution in [3.63, 3.8) is 0 Å². The third kappa shape index (κ3) is 7.84. The van der Waals surface area contributed by atoms with Crippen molar-refractivity contribution >= 4 is 29.7 Å². The number of carbonyl (C=O) groups is 3. The van der Waals surface area contributed by atoms with Crippen LogP contribution in [0.4, 0.5) is 5.69 Å². The van der Waals surface area contributed by atoms with Gasteiger partial charge in [0.25, 0.3) is 5.91 Å². The van der Waals surface area contributed by atoms with Crippen LogP contribution in [-0.4, -0.2) is 51.4 Å². The van der Waals surface area contributed by atoms with E-state index in [0.29, 0.717) is 35.1 Å². The molecule has 0 spiro atoms. The van der Waals surface area contributed by atoms with Crippen molar-refractivity contribution in [2.45, 2.75) is 13.8 Å². The molecule has 176 valence electrons. The number of amides is 2. The average Bonchev–Trinajstić information content (AvgIpc) is 2.83. The zero-order valence-corrected chi connectivity index (χ0v) is 18.9. The number of ether oxygens (including phenoxy) is 4. The molecule has 0 saturated heterocycles. The van der Waals surface area contributed by atoms with Gasteiger partial charge in [0.15, 0.2) is 18.1 Å². The fourth-order valence-corrected chi connectivity index (χ4v) is 2.50. The van der Waals surface area contributed by atoms with Gasteiger partial charge in [0, 0.05) is 5.69 Å². The molecule has 10 heteroatoms. The van der Waals surface area contributed by atoms with E-state index in [9.17, 15) is 14.4 Å². The Hall–Kier alpha value is -4.08. The van der Waals surface area contributed by atoms with Crippen molar-refractivity contribution in [1.29, 1.82) is 0 Å². The summed E-state index contributed by atoms with van der Waals surface area (Å²) in [6, 6.07) is 11.7. The maximum absolute atomic E-state index is 12.3. The Labute approximate surface area is 191 Å². The van der Waals surface area contributed by atoms with Gasteiger partial charge in [-0.2, -0.15) is 5.10 Å². The summed E-state index contributed by atoms with van der Waals surface area (Å²) in [6.45, 7) is 3.41. The van der Waals surface area contributed by atoms with Gasteiger partial charge in [0.05, 0.1) is 27.0 Å². The molecule has 2 amide bonds. The molecule has 2 N–H and O–H groups in total. The number of esters is 1. The summed E-state index contributed by atoms with van der Waals surface area (Å²) < 4.78 is 20.5. The first-order valence-corrected chi connectivity index (χ1v) is 10.1. The summed E-state index contributed by atoms with van der Waals surface area (Å²) in [6.07, 6.45) is 1.40. The van der Waals surface area contributed by atoms with E-state index in [0.717, 1.165) is 0 Å². The number of rotatable bonds is 11. The summed E-state index contributed by atoms with van der Waals surface area (Å²) in [5, 5.41) is 6.56. The van der Waals surface area contributed by atoms with Gasteiger partial charge in [-0.05, 0) is 61.9 Å². The molecule has 0 bridgehead atoms. The van der Waals surface area contributed by atoms with Gasteiger partial charge in [-0.3, -0.25) is 9.59 Å². The monoisotopic (exact) mass is 457 g/mol. The molecule has 0 saturated carbocycles. The van der Waals surface area contributed by atoms with E-state index in [1.807, 2.05) is 6.92 Å². The van der Waals surface area contributed by atoms with E-state index in [1.165, 1.54) is 20.2 Å². The quantitative estimate of drug-likeness (QED) is 0.230. The van der Waals surface area contributed by atoms with Crippen molar-refractivity contribution in [3.8, 4) is 17.2 Å². The van der Waals surface area contributed by atoms with Crippen molar-refractivity contribution in [1.82, 2.24) is 5.43 Å². The highest BCUT2D eigenvalue weighted by Gasteiger charge is 2.21.